The predicted octanol–water partition coefficient (Wildman–Crippen LogP) is 2.26. The highest BCUT2D eigenvalue weighted by Gasteiger charge is 2.42. The molecule has 1 aromatic heterocycles. The van der Waals surface area contributed by atoms with Crippen molar-refractivity contribution >= 4 is 0 Å². The first-order valence-corrected chi connectivity index (χ1v) is 6.14. The summed E-state index contributed by atoms with van der Waals surface area (Å²) in [6, 6.07) is 0. The molecule has 1 N–H and O–H groups in total. The number of rotatable bonds is 1. The summed E-state index contributed by atoms with van der Waals surface area (Å²) in [5.74, 6) is 0.885. The molecule has 1 aromatic rings. The van der Waals surface area contributed by atoms with E-state index in [9.17, 15) is 13.2 Å². The van der Waals surface area contributed by atoms with Gasteiger partial charge in [0.1, 0.15) is 5.82 Å². The number of nitrogens with one attached hydrogen (secondary N) is 1. The Balaban J connectivity index is 2.10. The van der Waals surface area contributed by atoms with Gasteiger partial charge in [-0.2, -0.15) is 13.2 Å². The SMILES string of the molecule is CC1CC1c1nc2c(c(C(F)(F)F)n1)CCNC2. The van der Waals surface area contributed by atoms with E-state index < -0.39 is 11.9 Å². The molecular formula is C12H14F3N3. The van der Waals surface area contributed by atoms with Crippen molar-refractivity contribution in [2.75, 3.05) is 6.54 Å². The van der Waals surface area contributed by atoms with E-state index in [4.69, 9.17) is 0 Å². The van der Waals surface area contributed by atoms with E-state index in [1.807, 2.05) is 6.92 Å². The van der Waals surface area contributed by atoms with Gasteiger partial charge in [0, 0.05) is 18.0 Å². The maximum atomic E-state index is 13.0. The van der Waals surface area contributed by atoms with Crippen LogP contribution in [0.3, 0.4) is 0 Å². The molecule has 18 heavy (non-hydrogen) atoms. The zero-order valence-corrected chi connectivity index (χ0v) is 10.0. The molecule has 1 fully saturated rings. The van der Waals surface area contributed by atoms with E-state index in [-0.39, 0.29) is 11.5 Å². The average molecular weight is 257 g/mol. The first kappa shape index (κ1) is 11.9. The predicted molar refractivity (Wildman–Crippen MR) is 59.0 cm³/mol. The largest absolute Gasteiger partial charge is 0.433 e. The summed E-state index contributed by atoms with van der Waals surface area (Å²) in [7, 11) is 0. The minimum absolute atomic E-state index is 0.110. The minimum Gasteiger partial charge on any atom is -0.311 e. The number of alkyl halides is 3. The second-order valence-corrected chi connectivity index (χ2v) is 5.10. The van der Waals surface area contributed by atoms with Gasteiger partial charge < -0.3 is 5.32 Å². The number of aromatic nitrogens is 2. The van der Waals surface area contributed by atoms with Gasteiger partial charge >= 0.3 is 6.18 Å². The lowest BCUT2D eigenvalue weighted by Gasteiger charge is -2.21. The van der Waals surface area contributed by atoms with E-state index >= 15 is 0 Å². The molecule has 98 valence electrons. The van der Waals surface area contributed by atoms with E-state index in [0.29, 0.717) is 36.9 Å². The van der Waals surface area contributed by atoms with Gasteiger partial charge in [0.25, 0.3) is 0 Å². The van der Waals surface area contributed by atoms with Crippen LogP contribution in [0.2, 0.25) is 0 Å². The van der Waals surface area contributed by atoms with Crippen molar-refractivity contribution in [1.29, 1.82) is 0 Å². The fourth-order valence-corrected chi connectivity index (χ4v) is 2.46. The van der Waals surface area contributed by atoms with Crippen molar-refractivity contribution in [1.82, 2.24) is 15.3 Å². The summed E-state index contributed by atoms with van der Waals surface area (Å²) in [6.45, 7) is 2.98. The monoisotopic (exact) mass is 257 g/mol. The molecule has 1 saturated carbocycles. The molecule has 2 unspecified atom stereocenters. The zero-order chi connectivity index (χ0) is 12.9. The Kier molecular flexibility index (Phi) is 2.59. The van der Waals surface area contributed by atoms with Gasteiger partial charge in [-0.3, -0.25) is 0 Å². The van der Waals surface area contributed by atoms with Crippen LogP contribution >= 0.6 is 0 Å². The molecule has 2 heterocycles. The quantitative estimate of drug-likeness (QED) is 0.838. The molecule has 3 nitrogen and oxygen atoms in total. The van der Waals surface area contributed by atoms with E-state index in [1.54, 1.807) is 0 Å². The summed E-state index contributed by atoms with van der Waals surface area (Å²) in [5.41, 5.74) is 0.0825. The van der Waals surface area contributed by atoms with Crippen molar-refractivity contribution in [3.8, 4) is 0 Å². The van der Waals surface area contributed by atoms with Crippen LogP contribution in [0, 0.1) is 5.92 Å². The highest BCUT2D eigenvalue weighted by molar-refractivity contribution is 5.32. The van der Waals surface area contributed by atoms with Crippen LogP contribution in [0.15, 0.2) is 0 Å². The number of nitrogens with zero attached hydrogens (tertiary/aromatic N) is 2. The fourth-order valence-electron chi connectivity index (χ4n) is 2.46. The molecule has 0 bridgehead atoms. The summed E-state index contributed by atoms with van der Waals surface area (Å²) in [4.78, 5) is 8.13. The Morgan fingerprint density at radius 3 is 2.61 bits per heavy atom. The van der Waals surface area contributed by atoms with Crippen molar-refractivity contribution < 1.29 is 13.2 Å². The van der Waals surface area contributed by atoms with Crippen LogP contribution in [-0.4, -0.2) is 16.5 Å². The van der Waals surface area contributed by atoms with E-state index in [1.165, 1.54) is 0 Å². The number of fused-ring (bicyclic) bond motifs is 1. The Morgan fingerprint density at radius 2 is 2.00 bits per heavy atom. The highest BCUT2D eigenvalue weighted by atomic mass is 19.4. The maximum Gasteiger partial charge on any atom is 0.433 e. The second-order valence-electron chi connectivity index (χ2n) is 5.10. The molecule has 0 aromatic carbocycles. The van der Waals surface area contributed by atoms with Crippen molar-refractivity contribution in [2.45, 2.75) is 38.4 Å². The standard InChI is InChI=1S/C12H14F3N3/c1-6-4-8(6)11-17-9-5-16-3-2-7(9)10(18-11)12(13,14)15/h6,8,16H,2-5H2,1H3. The first-order valence-electron chi connectivity index (χ1n) is 6.14. The fraction of sp³-hybridized carbons (Fsp3) is 0.667. The van der Waals surface area contributed by atoms with Gasteiger partial charge in [0.2, 0.25) is 0 Å². The molecule has 0 spiro atoms. The number of hydrogen-bond donors (Lipinski definition) is 1. The minimum atomic E-state index is -4.38. The van der Waals surface area contributed by atoms with Gasteiger partial charge in [-0.25, -0.2) is 9.97 Å². The van der Waals surface area contributed by atoms with Gasteiger partial charge in [-0.15, -0.1) is 0 Å². The van der Waals surface area contributed by atoms with Crippen molar-refractivity contribution in [2.24, 2.45) is 5.92 Å². The highest BCUT2D eigenvalue weighted by Crippen LogP contribution is 2.46. The normalized spacial score (nSPS) is 26.9. The summed E-state index contributed by atoms with van der Waals surface area (Å²) < 4.78 is 39.1. The van der Waals surface area contributed by atoms with Crippen molar-refractivity contribution in [3.63, 3.8) is 0 Å². The third-order valence-electron chi connectivity index (χ3n) is 3.66. The van der Waals surface area contributed by atoms with Crippen LogP contribution in [0.4, 0.5) is 13.2 Å². The smallest absolute Gasteiger partial charge is 0.311 e. The molecule has 0 amide bonds. The molecular weight excluding hydrogens is 243 g/mol. The van der Waals surface area contributed by atoms with Crippen LogP contribution < -0.4 is 5.32 Å². The Hall–Kier alpha value is -1.17. The van der Waals surface area contributed by atoms with Crippen LogP contribution in [0.1, 0.15) is 42.0 Å². The molecule has 2 aliphatic rings. The van der Waals surface area contributed by atoms with Crippen LogP contribution in [-0.2, 0) is 19.1 Å². The van der Waals surface area contributed by atoms with Crippen molar-refractivity contribution in [3.05, 3.63) is 22.8 Å². The third kappa shape index (κ3) is 1.98. The van der Waals surface area contributed by atoms with E-state index in [0.717, 1.165) is 6.42 Å². The van der Waals surface area contributed by atoms with Crippen LogP contribution in [0.25, 0.3) is 0 Å². The molecule has 3 rings (SSSR count). The molecule has 0 saturated heterocycles. The van der Waals surface area contributed by atoms with Gasteiger partial charge in [0.05, 0.1) is 5.69 Å². The Labute approximate surface area is 103 Å². The van der Waals surface area contributed by atoms with Gasteiger partial charge in [-0.05, 0) is 25.3 Å². The lowest BCUT2D eigenvalue weighted by molar-refractivity contribution is -0.142. The lowest BCUT2D eigenvalue weighted by atomic mass is 10.0. The second kappa shape index (κ2) is 3.91. The molecule has 1 aliphatic carbocycles. The number of hydrogen-bond acceptors (Lipinski definition) is 3. The summed E-state index contributed by atoms with van der Waals surface area (Å²) >= 11 is 0. The molecule has 1 aliphatic heterocycles. The molecule has 0 radical (unpaired) electrons. The van der Waals surface area contributed by atoms with Gasteiger partial charge in [-0.1, -0.05) is 6.92 Å². The topological polar surface area (TPSA) is 37.8 Å². The average Bonchev–Trinajstić information content (AvgIpc) is 3.04. The Bertz CT molecular complexity index is 484. The Morgan fingerprint density at radius 1 is 1.28 bits per heavy atom. The first-order chi connectivity index (χ1) is 8.47. The number of halogens is 3. The van der Waals surface area contributed by atoms with E-state index in [2.05, 4.69) is 15.3 Å². The molecule has 6 heteroatoms. The summed E-state index contributed by atoms with van der Waals surface area (Å²) in [6.07, 6.45) is -3.13. The lowest BCUT2D eigenvalue weighted by Crippen LogP contribution is -2.29. The molecule has 2 atom stereocenters. The maximum absolute atomic E-state index is 13.0. The third-order valence-corrected chi connectivity index (χ3v) is 3.66. The van der Waals surface area contributed by atoms with Gasteiger partial charge in [0.15, 0.2) is 5.69 Å². The summed E-state index contributed by atoms with van der Waals surface area (Å²) in [5, 5.41) is 3.06. The zero-order valence-electron chi connectivity index (χ0n) is 10.0. The van der Waals surface area contributed by atoms with Crippen LogP contribution in [0.5, 0.6) is 0 Å².